The molecule has 20 heavy (non-hydrogen) atoms. The molecule has 0 atom stereocenters. The van der Waals surface area contributed by atoms with Gasteiger partial charge in [0.2, 0.25) is 0 Å². The van der Waals surface area contributed by atoms with E-state index < -0.39 is 0 Å². The van der Waals surface area contributed by atoms with Crippen molar-refractivity contribution in [1.82, 2.24) is 14.1 Å². The lowest BCUT2D eigenvalue weighted by Crippen LogP contribution is -2.37. The normalized spacial score (nSPS) is 10.9. The van der Waals surface area contributed by atoms with Crippen molar-refractivity contribution in [2.75, 3.05) is 0 Å². The van der Waals surface area contributed by atoms with E-state index in [1.807, 2.05) is 6.92 Å². The zero-order chi connectivity index (χ0) is 14.3. The second kappa shape index (κ2) is 4.45. The van der Waals surface area contributed by atoms with Gasteiger partial charge in [-0.25, -0.2) is 9.36 Å². The van der Waals surface area contributed by atoms with Crippen molar-refractivity contribution in [1.29, 1.82) is 0 Å². The average Bonchev–Trinajstić information content (AvgIpc) is 2.45. The third-order valence-electron chi connectivity index (χ3n) is 3.26. The summed E-state index contributed by atoms with van der Waals surface area (Å²) in [7, 11) is 1.63. The van der Waals surface area contributed by atoms with Crippen LogP contribution in [0.3, 0.4) is 0 Å². The summed E-state index contributed by atoms with van der Waals surface area (Å²) in [6.45, 7) is 1.87. The minimum Gasteiger partial charge on any atom is -0.294 e. The number of hydrogen-bond acceptors (Lipinski definition) is 3. The standard InChI is InChI=1S/C15H12N3O2/c1-10-4-3-5-11(8-10)18-14(19)12-6-7-16-9-13(12)17(2)15(18)20/h3,5-9H,1-2H3. The summed E-state index contributed by atoms with van der Waals surface area (Å²) in [4.78, 5) is 28.9. The SMILES string of the molecule is Cc1[c]ccc(-n2c(=O)c3ccncc3n(C)c2=O)c1. The van der Waals surface area contributed by atoms with Crippen molar-refractivity contribution in [3.05, 3.63) is 69.1 Å². The molecule has 0 bridgehead atoms. The van der Waals surface area contributed by atoms with Crippen molar-refractivity contribution in [2.45, 2.75) is 6.92 Å². The van der Waals surface area contributed by atoms with Crippen molar-refractivity contribution < 1.29 is 0 Å². The number of rotatable bonds is 1. The van der Waals surface area contributed by atoms with Crippen LogP contribution < -0.4 is 11.2 Å². The molecule has 3 rings (SSSR count). The van der Waals surface area contributed by atoms with Gasteiger partial charge in [0.25, 0.3) is 5.56 Å². The van der Waals surface area contributed by atoms with Crippen LogP contribution in [0.4, 0.5) is 0 Å². The third-order valence-corrected chi connectivity index (χ3v) is 3.26. The number of nitrogens with zero attached hydrogens (tertiary/aromatic N) is 3. The predicted molar refractivity (Wildman–Crippen MR) is 76.2 cm³/mol. The summed E-state index contributed by atoms with van der Waals surface area (Å²) in [5, 5.41) is 0.465. The van der Waals surface area contributed by atoms with Crippen LogP contribution in [0, 0.1) is 13.0 Å². The fraction of sp³-hybridized carbons (Fsp3) is 0.133. The Morgan fingerprint density at radius 2 is 2.05 bits per heavy atom. The molecular formula is C15H12N3O2. The molecule has 1 radical (unpaired) electrons. The van der Waals surface area contributed by atoms with Gasteiger partial charge in [0.15, 0.2) is 0 Å². The molecule has 0 spiro atoms. The van der Waals surface area contributed by atoms with Crippen molar-refractivity contribution in [3.63, 3.8) is 0 Å². The Morgan fingerprint density at radius 3 is 2.80 bits per heavy atom. The molecule has 5 nitrogen and oxygen atoms in total. The van der Waals surface area contributed by atoms with E-state index in [2.05, 4.69) is 11.1 Å². The van der Waals surface area contributed by atoms with Gasteiger partial charge in [0, 0.05) is 13.2 Å². The van der Waals surface area contributed by atoms with Crippen LogP contribution in [-0.2, 0) is 7.05 Å². The Bertz CT molecular complexity index is 922. The largest absolute Gasteiger partial charge is 0.335 e. The van der Waals surface area contributed by atoms with E-state index in [1.54, 1.807) is 37.5 Å². The number of pyridine rings is 1. The van der Waals surface area contributed by atoms with E-state index in [-0.39, 0.29) is 11.2 Å². The van der Waals surface area contributed by atoms with Crippen LogP contribution in [0.2, 0.25) is 0 Å². The first kappa shape index (κ1) is 12.3. The molecule has 0 aliphatic rings. The van der Waals surface area contributed by atoms with Crippen molar-refractivity contribution in [2.24, 2.45) is 7.05 Å². The van der Waals surface area contributed by atoms with Crippen LogP contribution in [0.1, 0.15) is 5.56 Å². The first-order chi connectivity index (χ1) is 9.59. The zero-order valence-corrected chi connectivity index (χ0v) is 11.1. The van der Waals surface area contributed by atoms with Gasteiger partial charge in [-0.15, -0.1) is 0 Å². The smallest absolute Gasteiger partial charge is 0.294 e. The van der Waals surface area contributed by atoms with Gasteiger partial charge in [-0.2, -0.15) is 0 Å². The van der Waals surface area contributed by atoms with Crippen LogP contribution in [0.15, 0.2) is 46.2 Å². The van der Waals surface area contributed by atoms with E-state index in [9.17, 15) is 9.59 Å². The fourth-order valence-electron chi connectivity index (χ4n) is 2.23. The monoisotopic (exact) mass is 266 g/mol. The second-order valence-electron chi connectivity index (χ2n) is 4.60. The molecule has 0 fully saturated rings. The van der Waals surface area contributed by atoms with Gasteiger partial charge in [0.1, 0.15) is 0 Å². The Balaban J connectivity index is 2.49. The van der Waals surface area contributed by atoms with Gasteiger partial charge in [-0.05, 0) is 36.8 Å². The molecule has 0 amide bonds. The summed E-state index contributed by atoms with van der Waals surface area (Å²) >= 11 is 0. The summed E-state index contributed by atoms with van der Waals surface area (Å²) < 4.78 is 2.60. The summed E-state index contributed by atoms with van der Waals surface area (Å²) in [5.74, 6) is 0. The van der Waals surface area contributed by atoms with Gasteiger partial charge >= 0.3 is 5.69 Å². The molecule has 2 aromatic heterocycles. The Morgan fingerprint density at radius 1 is 1.25 bits per heavy atom. The molecule has 99 valence electrons. The number of aromatic nitrogens is 3. The minimum atomic E-state index is -0.388. The van der Waals surface area contributed by atoms with E-state index in [1.165, 1.54) is 15.3 Å². The van der Waals surface area contributed by atoms with E-state index >= 15 is 0 Å². The van der Waals surface area contributed by atoms with E-state index in [0.717, 1.165) is 5.56 Å². The molecule has 0 aliphatic carbocycles. The van der Waals surface area contributed by atoms with E-state index in [0.29, 0.717) is 16.6 Å². The lowest BCUT2D eigenvalue weighted by Gasteiger charge is -2.10. The molecule has 2 heterocycles. The molecule has 0 aliphatic heterocycles. The minimum absolute atomic E-state index is 0.337. The average molecular weight is 266 g/mol. The summed E-state index contributed by atoms with van der Waals surface area (Å²) in [6, 6.07) is 9.78. The highest BCUT2D eigenvalue weighted by molar-refractivity contribution is 5.77. The molecular weight excluding hydrogens is 254 g/mol. The van der Waals surface area contributed by atoms with Gasteiger partial charge in [0.05, 0.1) is 22.8 Å². The second-order valence-corrected chi connectivity index (χ2v) is 4.60. The highest BCUT2D eigenvalue weighted by atomic mass is 16.2. The third kappa shape index (κ3) is 1.75. The molecule has 3 aromatic rings. The zero-order valence-electron chi connectivity index (χ0n) is 11.1. The number of hydrogen-bond donors (Lipinski definition) is 0. The van der Waals surface area contributed by atoms with Crippen molar-refractivity contribution >= 4 is 10.9 Å². The number of fused-ring (bicyclic) bond motifs is 1. The maximum absolute atomic E-state index is 12.5. The van der Waals surface area contributed by atoms with Gasteiger partial charge in [-0.1, -0.05) is 6.07 Å². The van der Waals surface area contributed by atoms with Crippen LogP contribution in [0.25, 0.3) is 16.6 Å². The Hall–Kier alpha value is -2.69. The number of benzene rings is 1. The first-order valence-electron chi connectivity index (χ1n) is 6.14. The lowest BCUT2D eigenvalue weighted by molar-refractivity contribution is 0.771. The summed E-state index contributed by atoms with van der Waals surface area (Å²) in [5.41, 5.74) is 1.21. The highest BCUT2D eigenvalue weighted by Gasteiger charge is 2.12. The summed E-state index contributed by atoms with van der Waals surface area (Å²) in [6.07, 6.45) is 3.06. The van der Waals surface area contributed by atoms with Crippen LogP contribution in [-0.4, -0.2) is 14.1 Å². The Labute approximate surface area is 114 Å². The fourth-order valence-corrected chi connectivity index (χ4v) is 2.23. The number of aryl methyl sites for hydroxylation is 2. The first-order valence-corrected chi connectivity index (χ1v) is 6.14. The molecule has 0 unspecified atom stereocenters. The van der Waals surface area contributed by atoms with Crippen LogP contribution in [0.5, 0.6) is 0 Å². The van der Waals surface area contributed by atoms with E-state index in [4.69, 9.17) is 0 Å². The predicted octanol–water partition coefficient (Wildman–Crippen LogP) is 1.19. The topological polar surface area (TPSA) is 56.9 Å². The highest BCUT2D eigenvalue weighted by Crippen LogP contribution is 2.09. The maximum atomic E-state index is 12.5. The lowest BCUT2D eigenvalue weighted by atomic mass is 10.2. The molecule has 0 N–H and O–H groups in total. The van der Waals surface area contributed by atoms with Crippen molar-refractivity contribution in [3.8, 4) is 5.69 Å². The van der Waals surface area contributed by atoms with Gasteiger partial charge in [-0.3, -0.25) is 14.3 Å². The van der Waals surface area contributed by atoms with Gasteiger partial charge < -0.3 is 0 Å². The van der Waals surface area contributed by atoms with Crippen LogP contribution >= 0.6 is 0 Å². The molecule has 0 saturated heterocycles. The molecule has 1 aromatic carbocycles. The molecule has 0 saturated carbocycles. The molecule has 5 heteroatoms. The quantitative estimate of drug-likeness (QED) is 0.665. The Kier molecular flexibility index (Phi) is 2.75. The maximum Gasteiger partial charge on any atom is 0.335 e.